The summed E-state index contributed by atoms with van der Waals surface area (Å²) in [5.41, 5.74) is 9.96. The molecule has 0 aliphatic rings. The number of Topliss-reactive ketones (excluding diaryl/α,β-unsaturated/α-hetero) is 2. The lowest BCUT2D eigenvalue weighted by atomic mass is 10.4. The fourth-order valence-electron chi connectivity index (χ4n) is 0.397. The highest BCUT2D eigenvalue weighted by Gasteiger charge is 2.01. The van der Waals surface area contributed by atoms with Crippen LogP contribution in [0.2, 0.25) is 0 Å². The van der Waals surface area contributed by atoms with E-state index in [1.807, 2.05) is 0 Å². The number of carbonyl (C=O) groups excluding carboxylic acids is 2. The molecular formula is C6H12N2O3. The van der Waals surface area contributed by atoms with Gasteiger partial charge in [-0.3, -0.25) is 9.59 Å². The first-order chi connectivity index (χ1) is 5.20. The molecule has 0 aliphatic carbocycles. The summed E-state index contributed by atoms with van der Waals surface area (Å²) in [6.07, 6.45) is 0. The Hall–Kier alpha value is -0.780. The van der Waals surface area contributed by atoms with Crippen molar-refractivity contribution in [3.05, 3.63) is 0 Å². The van der Waals surface area contributed by atoms with Gasteiger partial charge in [0.2, 0.25) is 0 Å². The van der Waals surface area contributed by atoms with Crippen molar-refractivity contribution in [2.24, 2.45) is 11.5 Å². The normalized spacial score (nSPS) is 9.64. The molecule has 0 saturated heterocycles. The molecule has 0 amide bonds. The fraction of sp³-hybridized carbons (Fsp3) is 0.667. The minimum absolute atomic E-state index is 0.0587. The number of ketones is 2. The SMILES string of the molecule is NCC(=O)COCC(=O)CN. The average molecular weight is 160 g/mol. The van der Waals surface area contributed by atoms with E-state index in [0.29, 0.717) is 0 Å². The van der Waals surface area contributed by atoms with Crippen LogP contribution in [-0.4, -0.2) is 37.9 Å². The molecule has 0 rings (SSSR count). The minimum Gasteiger partial charge on any atom is -0.366 e. The third-order valence-corrected chi connectivity index (χ3v) is 0.981. The van der Waals surface area contributed by atoms with E-state index in [-0.39, 0.29) is 37.9 Å². The predicted octanol–water partition coefficient (Wildman–Crippen LogP) is -1.94. The van der Waals surface area contributed by atoms with Gasteiger partial charge < -0.3 is 16.2 Å². The lowest BCUT2D eigenvalue weighted by molar-refractivity contribution is -0.127. The summed E-state index contributed by atoms with van der Waals surface area (Å²) in [6.45, 7) is -0.335. The van der Waals surface area contributed by atoms with E-state index in [0.717, 1.165) is 0 Å². The van der Waals surface area contributed by atoms with Gasteiger partial charge in [0, 0.05) is 0 Å². The zero-order valence-electron chi connectivity index (χ0n) is 6.21. The summed E-state index contributed by atoms with van der Waals surface area (Å²) in [4.78, 5) is 21.0. The van der Waals surface area contributed by atoms with Crippen molar-refractivity contribution in [3.8, 4) is 0 Å². The van der Waals surface area contributed by atoms with Crippen LogP contribution in [-0.2, 0) is 14.3 Å². The van der Waals surface area contributed by atoms with Gasteiger partial charge in [0.15, 0.2) is 11.6 Å². The Morgan fingerprint density at radius 3 is 1.64 bits per heavy atom. The maximum absolute atomic E-state index is 10.5. The second kappa shape index (κ2) is 5.96. The molecule has 0 spiro atoms. The molecule has 5 nitrogen and oxygen atoms in total. The minimum atomic E-state index is -0.227. The highest BCUT2D eigenvalue weighted by atomic mass is 16.5. The van der Waals surface area contributed by atoms with Gasteiger partial charge in [-0.05, 0) is 0 Å². The van der Waals surface area contributed by atoms with E-state index >= 15 is 0 Å². The van der Waals surface area contributed by atoms with E-state index in [1.54, 1.807) is 0 Å². The predicted molar refractivity (Wildman–Crippen MR) is 38.9 cm³/mol. The van der Waals surface area contributed by atoms with Crippen molar-refractivity contribution >= 4 is 11.6 Å². The van der Waals surface area contributed by atoms with Crippen LogP contribution in [0.4, 0.5) is 0 Å². The quantitative estimate of drug-likeness (QED) is 0.471. The number of nitrogens with two attached hydrogens (primary N) is 2. The van der Waals surface area contributed by atoms with Crippen molar-refractivity contribution in [1.29, 1.82) is 0 Å². The Balaban J connectivity index is 3.27. The standard InChI is InChI=1S/C6H12N2O3/c7-1-5(9)3-11-4-6(10)2-8/h1-4,7-8H2. The fourth-order valence-corrected chi connectivity index (χ4v) is 0.397. The number of hydrogen-bond acceptors (Lipinski definition) is 5. The maximum Gasteiger partial charge on any atom is 0.171 e. The van der Waals surface area contributed by atoms with Gasteiger partial charge in [-0.1, -0.05) is 0 Å². The van der Waals surface area contributed by atoms with Crippen LogP contribution < -0.4 is 11.5 Å². The number of ether oxygens (including phenoxy) is 1. The van der Waals surface area contributed by atoms with Crippen molar-refractivity contribution in [3.63, 3.8) is 0 Å². The van der Waals surface area contributed by atoms with Crippen molar-refractivity contribution in [1.82, 2.24) is 0 Å². The Kier molecular flexibility index (Phi) is 5.54. The van der Waals surface area contributed by atoms with Gasteiger partial charge >= 0.3 is 0 Å². The van der Waals surface area contributed by atoms with Crippen LogP contribution in [0.1, 0.15) is 0 Å². The Morgan fingerprint density at radius 2 is 1.36 bits per heavy atom. The Morgan fingerprint density at radius 1 is 1.00 bits per heavy atom. The molecule has 0 unspecified atom stereocenters. The maximum atomic E-state index is 10.5. The first kappa shape index (κ1) is 10.2. The number of rotatable bonds is 6. The zero-order valence-corrected chi connectivity index (χ0v) is 6.21. The molecule has 0 heterocycles. The van der Waals surface area contributed by atoms with Crippen LogP contribution in [0.3, 0.4) is 0 Å². The highest BCUT2D eigenvalue weighted by molar-refractivity contribution is 5.83. The zero-order chi connectivity index (χ0) is 8.69. The molecule has 0 saturated carbocycles. The summed E-state index contributed by atoms with van der Waals surface area (Å²) >= 11 is 0. The molecule has 0 bridgehead atoms. The lowest BCUT2D eigenvalue weighted by Crippen LogP contribution is -2.24. The summed E-state index contributed by atoms with van der Waals surface area (Å²) in [7, 11) is 0. The van der Waals surface area contributed by atoms with Crippen molar-refractivity contribution in [2.45, 2.75) is 0 Å². The summed E-state index contributed by atoms with van der Waals surface area (Å²) in [5.74, 6) is -0.454. The van der Waals surface area contributed by atoms with Gasteiger partial charge in [0.25, 0.3) is 0 Å². The molecule has 0 aromatic heterocycles. The Labute approximate surface area is 64.7 Å². The Bertz CT molecular complexity index is 131. The van der Waals surface area contributed by atoms with E-state index in [1.165, 1.54) is 0 Å². The number of hydrogen-bond donors (Lipinski definition) is 2. The van der Waals surface area contributed by atoms with Gasteiger partial charge in [0.05, 0.1) is 13.1 Å². The summed E-state index contributed by atoms with van der Waals surface area (Å²) < 4.78 is 4.68. The smallest absolute Gasteiger partial charge is 0.171 e. The second-order valence-corrected chi connectivity index (χ2v) is 1.98. The van der Waals surface area contributed by atoms with Gasteiger partial charge in [-0.2, -0.15) is 0 Å². The molecule has 0 aromatic rings. The van der Waals surface area contributed by atoms with Crippen LogP contribution in [0, 0.1) is 0 Å². The van der Waals surface area contributed by atoms with Crippen LogP contribution in [0.15, 0.2) is 0 Å². The first-order valence-electron chi connectivity index (χ1n) is 3.22. The third-order valence-electron chi connectivity index (χ3n) is 0.981. The van der Waals surface area contributed by atoms with Gasteiger partial charge in [0.1, 0.15) is 13.2 Å². The molecule has 64 valence electrons. The lowest BCUT2D eigenvalue weighted by Gasteiger charge is -1.98. The molecule has 0 aromatic carbocycles. The second-order valence-electron chi connectivity index (χ2n) is 1.98. The molecule has 5 heteroatoms. The highest BCUT2D eigenvalue weighted by Crippen LogP contribution is 1.76. The third kappa shape index (κ3) is 5.65. The molecular weight excluding hydrogens is 148 g/mol. The molecule has 0 fully saturated rings. The molecule has 11 heavy (non-hydrogen) atoms. The van der Waals surface area contributed by atoms with E-state index in [4.69, 9.17) is 11.5 Å². The summed E-state index contributed by atoms with van der Waals surface area (Å²) in [6, 6.07) is 0. The largest absolute Gasteiger partial charge is 0.366 e. The van der Waals surface area contributed by atoms with Crippen LogP contribution >= 0.6 is 0 Å². The van der Waals surface area contributed by atoms with E-state index in [2.05, 4.69) is 4.74 Å². The van der Waals surface area contributed by atoms with Crippen LogP contribution in [0.25, 0.3) is 0 Å². The molecule has 0 aliphatic heterocycles. The topological polar surface area (TPSA) is 95.4 Å². The summed E-state index contributed by atoms with van der Waals surface area (Å²) in [5, 5.41) is 0. The average Bonchev–Trinajstić information content (AvgIpc) is 2.04. The van der Waals surface area contributed by atoms with Crippen molar-refractivity contribution < 1.29 is 14.3 Å². The van der Waals surface area contributed by atoms with E-state index in [9.17, 15) is 9.59 Å². The van der Waals surface area contributed by atoms with Gasteiger partial charge in [-0.25, -0.2) is 0 Å². The first-order valence-corrected chi connectivity index (χ1v) is 3.22. The monoisotopic (exact) mass is 160 g/mol. The van der Waals surface area contributed by atoms with E-state index < -0.39 is 0 Å². The molecule has 0 radical (unpaired) electrons. The van der Waals surface area contributed by atoms with Crippen LogP contribution in [0.5, 0.6) is 0 Å². The van der Waals surface area contributed by atoms with Crippen molar-refractivity contribution in [2.75, 3.05) is 26.3 Å². The molecule has 4 N–H and O–H groups in total. The van der Waals surface area contributed by atoms with Gasteiger partial charge in [-0.15, -0.1) is 0 Å². The number of carbonyl (C=O) groups is 2. The molecule has 0 atom stereocenters.